The van der Waals surface area contributed by atoms with Crippen LogP contribution in [0.2, 0.25) is 0 Å². The highest BCUT2D eigenvalue weighted by atomic mass is 127. The molecule has 0 unspecified atom stereocenters. The van der Waals surface area contributed by atoms with Crippen molar-refractivity contribution in [3.8, 4) is 5.75 Å². The molecule has 0 amide bonds. The predicted octanol–water partition coefficient (Wildman–Crippen LogP) is 3.51. The van der Waals surface area contributed by atoms with Gasteiger partial charge >= 0.3 is 0 Å². The molecule has 2 rings (SSSR count). The smallest absolute Gasteiger partial charge is 0.160 e. The highest BCUT2D eigenvalue weighted by Crippen LogP contribution is 2.18. The largest absolute Gasteiger partial charge is 0.508 e. The lowest BCUT2D eigenvalue weighted by atomic mass is 10.2. The molecule has 6 heteroatoms. The summed E-state index contributed by atoms with van der Waals surface area (Å²) in [6, 6.07) is 12.6. The second-order valence-corrected chi connectivity index (χ2v) is 4.38. The molecule has 18 heavy (non-hydrogen) atoms. The van der Waals surface area contributed by atoms with E-state index in [1.54, 1.807) is 21.6 Å². The van der Waals surface area contributed by atoms with Crippen molar-refractivity contribution < 1.29 is 5.11 Å². The fraction of sp³-hybridized carbons (Fsp3) is 0.0833. The van der Waals surface area contributed by atoms with Crippen molar-refractivity contribution in [2.75, 3.05) is 3.22 Å². The third kappa shape index (κ3) is 3.39. The van der Waals surface area contributed by atoms with Crippen LogP contribution in [0.25, 0.3) is 0 Å². The molecule has 0 spiro atoms. The third-order valence-corrected chi connectivity index (χ3v) is 2.90. The van der Waals surface area contributed by atoms with Gasteiger partial charge in [0.25, 0.3) is 0 Å². The van der Waals surface area contributed by atoms with Gasteiger partial charge in [0.05, 0.1) is 29.4 Å². The number of aromatic nitrogens is 1. The monoisotopic (exact) mass is 354 g/mol. The summed E-state index contributed by atoms with van der Waals surface area (Å²) in [7, 11) is 0. The predicted molar refractivity (Wildman–Crippen MR) is 77.4 cm³/mol. The molecule has 0 aliphatic rings. The summed E-state index contributed by atoms with van der Waals surface area (Å²) >= 11 is 2.01. The van der Waals surface area contributed by atoms with Gasteiger partial charge in [0.2, 0.25) is 0 Å². The van der Waals surface area contributed by atoms with Crippen LogP contribution >= 0.6 is 22.9 Å². The van der Waals surface area contributed by atoms with Gasteiger partial charge in [-0.25, -0.2) is 4.98 Å². The summed E-state index contributed by atoms with van der Waals surface area (Å²) in [4.78, 5) is 4.14. The second kappa shape index (κ2) is 6.29. The van der Waals surface area contributed by atoms with E-state index in [-0.39, 0.29) is 5.75 Å². The van der Waals surface area contributed by atoms with Crippen molar-refractivity contribution in [3.05, 3.63) is 54.2 Å². The molecule has 0 atom stereocenters. The number of pyridine rings is 1. The van der Waals surface area contributed by atoms with Gasteiger partial charge in [0.15, 0.2) is 5.82 Å². The topological polar surface area (TPSA) is 61.1 Å². The minimum Gasteiger partial charge on any atom is -0.508 e. The van der Waals surface area contributed by atoms with E-state index < -0.39 is 0 Å². The van der Waals surface area contributed by atoms with Crippen molar-refractivity contribution in [2.45, 2.75) is 6.54 Å². The highest BCUT2D eigenvalue weighted by molar-refractivity contribution is 14.1. The number of phenolic OH excluding ortho intramolecular Hbond substituents is 1. The van der Waals surface area contributed by atoms with E-state index in [0.29, 0.717) is 12.4 Å². The summed E-state index contributed by atoms with van der Waals surface area (Å²) in [5, 5.41) is 17.6. The molecule has 5 nitrogen and oxygen atoms in total. The Bertz CT molecular complexity index is 533. The number of rotatable bonds is 4. The molecule has 2 aromatic rings. The first-order valence-corrected chi connectivity index (χ1v) is 6.25. The molecule has 0 fully saturated rings. The van der Waals surface area contributed by atoms with Crippen LogP contribution in [0.5, 0.6) is 5.75 Å². The molecular weight excluding hydrogens is 343 g/mol. The Labute approximate surface area is 119 Å². The van der Waals surface area contributed by atoms with Crippen LogP contribution in [0.15, 0.2) is 59.0 Å². The Kier molecular flexibility index (Phi) is 4.46. The molecule has 1 aromatic carbocycles. The Balaban J connectivity index is 1.98. The van der Waals surface area contributed by atoms with Crippen LogP contribution in [0, 0.1) is 0 Å². The van der Waals surface area contributed by atoms with Crippen molar-refractivity contribution in [1.82, 2.24) is 4.98 Å². The lowest BCUT2D eigenvalue weighted by Crippen LogP contribution is -2.00. The summed E-state index contributed by atoms with van der Waals surface area (Å²) < 4.78 is 1.55. The molecule has 0 radical (unpaired) electrons. The van der Waals surface area contributed by atoms with Gasteiger partial charge in [0, 0.05) is 11.8 Å². The van der Waals surface area contributed by atoms with Crippen LogP contribution in [0.3, 0.4) is 0 Å². The maximum absolute atomic E-state index is 9.56. The number of hydrogen-bond donors (Lipinski definition) is 1. The van der Waals surface area contributed by atoms with Crippen molar-refractivity contribution in [2.24, 2.45) is 10.3 Å². The molecule has 0 bridgehead atoms. The second-order valence-electron chi connectivity index (χ2n) is 3.47. The van der Waals surface area contributed by atoms with E-state index in [1.807, 2.05) is 53.2 Å². The van der Waals surface area contributed by atoms with Gasteiger partial charge in [-0.15, -0.1) is 0 Å². The van der Waals surface area contributed by atoms with Gasteiger partial charge in [-0.2, -0.15) is 8.34 Å². The Hall–Kier alpha value is -1.70. The summed E-state index contributed by atoms with van der Waals surface area (Å²) in [5.41, 5.74) is 0.743. The maximum atomic E-state index is 9.56. The third-order valence-electron chi connectivity index (χ3n) is 2.21. The Morgan fingerprint density at radius 1 is 1.17 bits per heavy atom. The van der Waals surface area contributed by atoms with E-state index in [1.165, 1.54) is 0 Å². The van der Waals surface area contributed by atoms with E-state index in [2.05, 4.69) is 15.3 Å². The molecule has 1 heterocycles. The lowest BCUT2D eigenvalue weighted by molar-refractivity contribution is 0.468. The summed E-state index contributed by atoms with van der Waals surface area (Å²) in [5.74, 6) is 0.938. The standard InChI is InChI=1S/C12H11IN4O/c13-17(12-7-3-4-8-14-12)16-15-9-10-5-1-2-6-11(10)18/h1-8,18H,9H2. The number of phenols is 1. The number of nitrogens with zero attached hydrogens (tertiary/aromatic N) is 4. The molecule has 0 saturated heterocycles. The molecule has 1 N–H and O–H groups in total. The lowest BCUT2D eigenvalue weighted by Gasteiger charge is -2.06. The van der Waals surface area contributed by atoms with Crippen molar-refractivity contribution in [1.29, 1.82) is 0 Å². The first-order valence-electron chi connectivity index (χ1n) is 5.28. The average Bonchev–Trinajstić information content (AvgIpc) is 2.42. The van der Waals surface area contributed by atoms with Gasteiger partial charge in [-0.05, 0) is 18.2 Å². The van der Waals surface area contributed by atoms with E-state index >= 15 is 0 Å². The minimum atomic E-state index is 0.231. The van der Waals surface area contributed by atoms with Gasteiger partial charge < -0.3 is 5.11 Å². The number of anilines is 1. The first-order chi connectivity index (χ1) is 8.77. The van der Waals surface area contributed by atoms with E-state index in [9.17, 15) is 5.11 Å². The first kappa shape index (κ1) is 12.7. The zero-order valence-corrected chi connectivity index (χ0v) is 11.6. The summed E-state index contributed by atoms with van der Waals surface area (Å²) in [6.07, 6.45) is 1.69. The average molecular weight is 354 g/mol. The maximum Gasteiger partial charge on any atom is 0.160 e. The van der Waals surface area contributed by atoms with E-state index in [0.717, 1.165) is 5.56 Å². The van der Waals surface area contributed by atoms with Crippen LogP contribution in [0.4, 0.5) is 5.82 Å². The Morgan fingerprint density at radius 2 is 1.94 bits per heavy atom. The highest BCUT2D eigenvalue weighted by Gasteiger charge is 2.01. The number of para-hydroxylation sites is 1. The van der Waals surface area contributed by atoms with Crippen molar-refractivity contribution >= 4 is 28.7 Å². The van der Waals surface area contributed by atoms with Gasteiger partial charge in [-0.1, -0.05) is 29.5 Å². The van der Waals surface area contributed by atoms with Gasteiger partial charge in [-0.3, -0.25) is 0 Å². The fourth-order valence-electron chi connectivity index (χ4n) is 1.32. The SMILES string of the molecule is Oc1ccccc1CN=NN(I)c1ccccn1. The van der Waals surface area contributed by atoms with Gasteiger partial charge in [0.1, 0.15) is 5.75 Å². The molecule has 92 valence electrons. The Morgan fingerprint density at radius 3 is 2.67 bits per heavy atom. The minimum absolute atomic E-state index is 0.231. The summed E-state index contributed by atoms with van der Waals surface area (Å²) in [6.45, 7) is 0.332. The number of hydrogen-bond acceptors (Lipinski definition) is 4. The van der Waals surface area contributed by atoms with Crippen LogP contribution in [-0.2, 0) is 6.54 Å². The van der Waals surface area contributed by atoms with E-state index in [4.69, 9.17) is 0 Å². The number of halogens is 1. The zero-order chi connectivity index (χ0) is 12.8. The van der Waals surface area contributed by atoms with Crippen LogP contribution in [-0.4, -0.2) is 10.1 Å². The van der Waals surface area contributed by atoms with Crippen LogP contribution in [0.1, 0.15) is 5.56 Å². The van der Waals surface area contributed by atoms with Crippen LogP contribution < -0.4 is 3.22 Å². The zero-order valence-electron chi connectivity index (χ0n) is 9.44. The molecule has 0 aliphatic carbocycles. The molecule has 0 saturated carbocycles. The molecule has 0 aliphatic heterocycles. The normalized spacial score (nSPS) is 10.7. The number of benzene rings is 1. The van der Waals surface area contributed by atoms with Crippen molar-refractivity contribution in [3.63, 3.8) is 0 Å². The fourth-order valence-corrected chi connectivity index (χ4v) is 1.74. The quantitative estimate of drug-likeness (QED) is 0.396. The molecular formula is C12H11IN4O. The molecule has 1 aromatic heterocycles. The number of aromatic hydroxyl groups is 1.